The zero-order valence-corrected chi connectivity index (χ0v) is 17.5. The van der Waals surface area contributed by atoms with E-state index < -0.39 is 23.2 Å². The molecule has 0 spiro atoms. The normalized spacial score (nSPS) is 14.7. The fourth-order valence-corrected chi connectivity index (χ4v) is 3.85. The summed E-state index contributed by atoms with van der Waals surface area (Å²) in [6.07, 6.45) is 0.926. The highest BCUT2D eigenvalue weighted by Gasteiger charge is 2.23. The summed E-state index contributed by atoms with van der Waals surface area (Å²) in [4.78, 5) is 15.0. The third kappa shape index (κ3) is 4.56. The highest BCUT2D eigenvalue weighted by atomic mass is 19.1. The average molecular weight is 422 g/mol. The van der Waals surface area contributed by atoms with Crippen LogP contribution in [0.1, 0.15) is 35.1 Å². The number of halogens is 2. The summed E-state index contributed by atoms with van der Waals surface area (Å²) in [6, 6.07) is 15.4. The Balaban J connectivity index is 1.54. The number of carbonyl (C=O) groups is 1. The first-order chi connectivity index (χ1) is 14.9. The number of aromatic nitrogens is 2. The van der Waals surface area contributed by atoms with Crippen LogP contribution in [-0.4, -0.2) is 33.7 Å². The quantitative estimate of drug-likeness (QED) is 0.652. The molecule has 1 aromatic heterocycles. The molecule has 0 radical (unpaired) electrons. The number of rotatable bonds is 5. The number of hydrogen-bond donors (Lipinski definition) is 1. The zero-order chi connectivity index (χ0) is 22.0. The molecule has 7 heteroatoms. The molecule has 2 heterocycles. The lowest BCUT2D eigenvalue weighted by molar-refractivity contribution is 0.102. The van der Waals surface area contributed by atoms with Crippen molar-refractivity contribution >= 4 is 17.2 Å². The molecule has 0 fully saturated rings. The molecule has 0 atom stereocenters. The van der Waals surface area contributed by atoms with Gasteiger partial charge in [-0.05, 0) is 42.7 Å². The SMILES string of the molecule is CC1=C(c2cc(C(=O)Nc3c(F)cccc3F)nn2C)CN(Cc2ccccc2)CC1. The molecule has 3 aromatic rings. The molecule has 0 bridgehead atoms. The van der Waals surface area contributed by atoms with Gasteiger partial charge in [0.1, 0.15) is 17.3 Å². The molecule has 1 aliphatic rings. The third-order valence-electron chi connectivity index (χ3n) is 5.57. The number of carbonyl (C=O) groups excluding carboxylic acids is 1. The van der Waals surface area contributed by atoms with Crippen molar-refractivity contribution in [3.05, 3.63) is 88.8 Å². The minimum Gasteiger partial charge on any atom is -0.316 e. The molecular formula is C24H24F2N4O. The molecule has 0 aliphatic carbocycles. The Kier molecular flexibility index (Phi) is 5.95. The van der Waals surface area contributed by atoms with Crippen LogP contribution in [0.15, 0.2) is 60.2 Å². The van der Waals surface area contributed by atoms with Crippen molar-refractivity contribution in [2.45, 2.75) is 19.9 Å². The molecule has 1 N–H and O–H groups in total. The van der Waals surface area contributed by atoms with Crippen LogP contribution in [0.25, 0.3) is 5.57 Å². The average Bonchev–Trinajstić information content (AvgIpc) is 3.14. The molecule has 2 aromatic carbocycles. The molecule has 0 saturated heterocycles. The Morgan fingerprint density at radius 1 is 1.10 bits per heavy atom. The number of para-hydroxylation sites is 1. The van der Waals surface area contributed by atoms with Crippen molar-refractivity contribution in [1.29, 1.82) is 0 Å². The molecule has 1 amide bonds. The first-order valence-corrected chi connectivity index (χ1v) is 10.2. The van der Waals surface area contributed by atoms with Crippen LogP contribution in [0.5, 0.6) is 0 Å². The standard InChI is InChI=1S/C24H24F2N4O/c1-16-11-12-30(14-17-7-4-3-5-8-17)15-18(16)22-13-21(28-29(22)2)24(31)27-23-19(25)9-6-10-20(23)26/h3-10,13H,11-12,14-15H2,1-2H3,(H,27,31). The van der Waals surface area contributed by atoms with E-state index in [1.807, 2.05) is 18.2 Å². The second kappa shape index (κ2) is 8.81. The van der Waals surface area contributed by atoms with Crippen molar-refractivity contribution in [3.63, 3.8) is 0 Å². The second-order valence-electron chi connectivity index (χ2n) is 7.79. The van der Waals surface area contributed by atoms with Crippen molar-refractivity contribution in [3.8, 4) is 0 Å². The topological polar surface area (TPSA) is 50.2 Å². The maximum atomic E-state index is 13.9. The van der Waals surface area contributed by atoms with E-state index in [0.29, 0.717) is 0 Å². The summed E-state index contributed by atoms with van der Waals surface area (Å²) in [6.45, 7) is 4.64. The van der Waals surface area contributed by atoms with Gasteiger partial charge in [0.05, 0.1) is 5.69 Å². The number of benzene rings is 2. The fourth-order valence-electron chi connectivity index (χ4n) is 3.85. The highest BCUT2D eigenvalue weighted by molar-refractivity contribution is 6.03. The Bertz CT molecular complexity index is 1120. The van der Waals surface area contributed by atoms with Gasteiger partial charge in [-0.1, -0.05) is 42.0 Å². The van der Waals surface area contributed by atoms with Gasteiger partial charge in [0.25, 0.3) is 5.91 Å². The van der Waals surface area contributed by atoms with Crippen molar-refractivity contribution in [2.24, 2.45) is 7.05 Å². The van der Waals surface area contributed by atoms with E-state index in [4.69, 9.17) is 0 Å². The highest BCUT2D eigenvalue weighted by Crippen LogP contribution is 2.28. The van der Waals surface area contributed by atoms with Gasteiger partial charge in [-0.15, -0.1) is 0 Å². The van der Waals surface area contributed by atoms with Crippen LogP contribution in [-0.2, 0) is 13.6 Å². The predicted octanol–water partition coefficient (Wildman–Crippen LogP) is 4.63. The molecule has 160 valence electrons. The van der Waals surface area contributed by atoms with Gasteiger partial charge < -0.3 is 5.32 Å². The molecular weight excluding hydrogens is 398 g/mol. The molecule has 5 nitrogen and oxygen atoms in total. The van der Waals surface area contributed by atoms with E-state index >= 15 is 0 Å². The van der Waals surface area contributed by atoms with Crippen LogP contribution in [0.2, 0.25) is 0 Å². The van der Waals surface area contributed by atoms with Crippen LogP contribution in [0.4, 0.5) is 14.5 Å². The van der Waals surface area contributed by atoms with E-state index in [2.05, 4.69) is 34.4 Å². The lowest BCUT2D eigenvalue weighted by Gasteiger charge is -2.30. The number of nitrogens with one attached hydrogen (secondary N) is 1. The Morgan fingerprint density at radius 3 is 2.52 bits per heavy atom. The molecule has 31 heavy (non-hydrogen) atoms. The van der Waals surface area contributed by atoms with Crippen LogP contribution in [0, 0.1) is 11.6 Å². The maximum Gasteiger partial charge on any atom is 0.276 e. The van der Waals surface area contributed by atoms with E-state index in [1.54, 1.807) is 17.8 Å². The number of aryl methyl sites for hydroxylation is 1. The van der Waals surface area contributed by atoms with Gasteiger partial charge in [-0.25, -0.2) is 8.78 Å². The van der Waals surface area contributed by atoms with Gasteiger partial charge in [0.2, 0.25) is 0 Å². The smallest absolute Gasteiger partial charge is 0.276 e. The predicted molar refractivity (Wildman–Crippen MR) is 116 cm³/mol. The lowest BCUT2D eigenvalue weighted by atomic mass is 9.98. The summed E-state index contributed by atoms with van der Waals surface area (Å²) in [5.74, 6) is -2.31. The molecule has 4 rings (SSSR count). The summed E-state index contributed by atoms with van der Waals surface area (Å²) >= 11 is 0. The van der Waals surface area contributed by atoms with Crippen LogP contribution in [0.3, 0.4) is 0 Å². The van der Waals surface area contributed by atoms with Gasteiger partial charge in [0.15, 0.2) is 5.69 Å². The Morgan fingerprint density at radius 2 is 1.81 bits per heavy atom. The first kappa shape index (κ1) is 20.9. The lowest BCUT2D eigenvalue weighted by Crippen LogP contribution is -2.31. The summed E-state index contributed by atoms with van der Waals surface area (Å²) in [5.41, 5.74) is 4.09. The van der Waals surface area contributed by atoms with Crippen molar-refractivity contribution < 1.29 is 13.6 Å². The van der Waals surface area contributed by atoms with E-state index in [0.717, 1.165) is 49.5 Å². The minimum absolute atomic E-state index is 0.112. The van der Waals surface area contributed by atoms with E-state index in [-0.39, 0.29) is 5.69 Å². The molecule has 0 saturated carbocycles. The van der Waals surface area contributed by atoms with E-state index in [1.165, 1.54) is 17.2 Å². The monoisotopic (exact) mass is 422 g/mol. The second-order valence-corrected chi connectivity index (χ2v) is 7.79. The number of hydrogen-bond acceptors (Lipinski definition) is 3. The number of anilines is 1. The number of amides is 1. The fraction of sp³-hybridized carbons (Fsp3) is 0.250. The van der Waals surface area contributed by atoms with Crippen molar-refractivity contribution in [1.82, 2.24) is 14.7 Å². The van der Waals surface area contributed by atoms with Gasteiger partial charge >= 0.3 is 0 Å². The Hall–Kier alpha value is -3.32. The summed E-state index contributed by atoms with van der Waals surface area (Å²) < 4.78 is 29.4. The summed E-state index contributed by atoms with van der Waals surface area (Å²) in [7, 11) is 1.77. The molecule has 1 aliphatic heterocycles. The van der Waals surface area contributed by atoms with E-state index in [9.17, 15) is 13.6 Å². The third-order valence-corrected chi connectivity index (χ3v) is 5.57. The summed E-state index contributed by atoms with van der Waals surface area (Å²) in [5, 5.41) is 6.59. The van der Waals surface area contributed by atoms with Crippen LogP contribution >= 0.6 is 0 Å². The van der Waals surface area contributed by atoms with Gasteiger partial charge in [-0.3, -0.25) is 14.4 Å². The largest absolute Gasteiger partial charge is 0.316 e. The zero-order valence-electron chi connectivity index (χ0n) is 17.5. The van der Waals surface area contributed by atoms with Crippen molar-refractivity contribution in [2.75, 3.05) is 18.4 Å². The van der Waals surface area contributed by atoms with Gasteiger partial charge in [0, 0.05) is 26.7 Å². The van der Waals surface area contributed by atoms with Gasteiger partial charge in [-0.2, -0.15) is 5.10 Å². The molecule has 0 unspecified atom stereocenters. The maximum absolute atomic E-state index is 13.9. The van der Waals surface area contributed by atoms with Crippen LogP contribution < -0.4 is 5.32 Å². The Labute approximate surface area is 180 Å². The number of nitrogens with zero attached hydrogens (tertiary/aromatic N) is 3. The first-order valence-electron chi connectivity index (χ1n) is 10.2. The minimum atomic E-state index is -0.827.